The van der Waals surface area contributed by atoms with Crippen LogP contribution in [0, 0.1) is 11.8 Å². The van der Waals surface area contributed by atoms with E-state index < -0.39 is 43.9 Å². The maximum atomic E-state index is 11.8. The first-order chi connectivity index (χ1) is 9.83. The molecule has 22 heavy (non-hydrogen) atoms. The maximum absolute atomic E-state index is 11.8. The third-order valence-electron chi connectivity index (χ3n) is 2.81. The van der Waals surface area contributed by atoms with Crippen molar-refractivity contribution in [1.82, 2.24) is 0 Å². The second-order valence-corrected chi connectivity index (χ2v) is 10.0. The quantitative estimate of drug-likeness (QED) is 0.528. The van der Waals surface area contributed by atoms with Crippen molar-refractivity contribution in [3.8, 4) is 0 Å². The fraction of sp³-hybridized carbons (Fsp3) is 1.00. The molecule has 6 nitrogen and oxygen atoms in total. The second-order valence-electron chi connectivity index (χ2n) is 6.60. The van der Waals surface area contributed by atoms with Crippen molar-refractivity contribution in [2.75, 3.05) is 11.5 Å². The predicted molar refractivity (Wildman–Crippen MR) is 87.6 cm³/mol. The van der Waals surface area contributed by atoms with E-state index in [2.05, 4.69) is 0 Å². The van der Waals surface area contributed by atoms with Gasteiger partial charge in [0.1, 0.15) is 0 Å². The summed E-state index contributed by atoms with van der Waals surface area (Å²) >= 11 is 0. The smallest absolute Gasteiger partial charge is 0.267 e. The molecule has 8 heteroatoms. The molecule has 2 atom stereocenters. The van der Waals surface area contributed by atoms with Crippen molar-refractivity contribution in [2.45, 2.75) is 66.6 Å². The predicted octanol–water partition coefficient (Wildman–Crippen LogP) is 2.55. The van der Waals surface area contributed by atoms with Crippen LogP contribution in [-0.2, 0) is 28.6 Å². The molecule has 0 radical (unpaired) electrons. The molecule has 0 aliphatic rings. The molecule has 0 aliphatic carbocycles. The van der Waals surface area contributed by atoms with Crippen LogP contribution in [0.25, 0.3) is 0 Å². The molecule has 0 bridgehead atoms. The number of hydrogen-bond donors (Lipinski definition) is 0. The van der Waals surface area contributed by atoms with Gasteiger partial charge in [-0.05, 0) is 38.5 Å². The Bertz CT molecular complexity index is 459. The highest BCUT2D eigenvalue weighted by molar-refractivity contribution is 7.90. The van der Waals surface area contributed by atoms with E-state index in [4.69, 9.17) is 8.37 Å². The Morgan fingerprint density at radius 3 is 1.14 bits per heavy atom. The standard InChI is InChI=1S/C14H30O6S2/c1-11(2)9-13(5)19-21(15,16)7-8-22(17,18)20-14(6)10-12(3)4/h11-14H,7-10H2,1-6H3. The normalized spacial score (nSPS) is 16.2. The van der Waals surface area contributed by atoms with Gasteiger partial charge in [0.2, 0.25) is 0 Å². The van der Waals surface area contributed by atoms with Crippen LogP contribution in [0.1, 0.15) is 54.4 Å². The van der Waals surface area contributed by atoms with E-state index in [0.29, 0.717) is 24.7 Å². The monoisotopic (exact) mass is 358 g/mol. The molecule has 0 aliphatic heterocycles. The Labute approximate surface area is 135 Å². The summed E-state index contributed by atoms with van der Waals surface area (Å²) in [6, 6.07) is 0. The lowest BCUT2D eigenvalue weighted by molar-refractivity contribution is 0.196. The molecular weight excluding hydrogens is 328 g/mol. The number of hydrogen-bond acceptors (Lipinski definition) is 6. The first kappa shape index (κ1) is 21.8. The summed E-state index contributed by atoms with van der Waals surface area (Å²) in [5.74, 6) is -0.582. The van der Waals surface area contributed by atoms with Crippen molar-refractivity contribution in [3.63, 3.8) is 0 Å². The van der Waals surface area contributed by atoms with Crippen LogP contribution in [0.4, 0.5) is 0 Å². The van der Waals surface area contributed by atoms with Gasteiger partial charge in [-0.3, -0.25) is 8.37 Å². The summed E-state index contributed by atoms with van der Waals surface area (Å²) < 4.78 is 57.1. The van der Waals surface area contributed by atoms with Gasteiger partial charge in [0.25, 0.3) is 20.2 Å². The summed E-state index contributed by atoms with van der Waals surface area (Å²) in [6.07, 6.45) is 0.254. The molecule has 0 saturated heterocycles. The Kier molecular flexibility index (Phi) is 9.12. The van der Waals surface area contributed by atoms with Gasteiger partial charge in [-0.15, -0.1) is 0 Å². The summed E-state index contributed by atoms with van der Waals surface area (Å²) in [6.45, 7) is 11.2. The van der Waals surface area contributed by atoms with Crippen LogP contribution in [0.5, 0.6) is 0 Å². The minimum absolute atomic E-state index is 0.300. The topological polar surface area (TPSA) is 86.7 Å². The highest BCUT2D eigenvalue weighted by Crippen LogP contribution is 2.13. The molecule has 0 aromatic heterocycles. The second kappa shape index (κ2) is 9.20. The van der Waals surface area contributed by atoms with Crippen molar-refractivity contribution in [3.05, 3.63) is 0 Å². The van der Waals surface area contributed by atoms with E-state index in [1.54, 1.807) is 13.8 Å². The van der Waals surface area contributed by atoms with E-state index >= 15 is 0 Å². The van der Waals surface area contributed by atoms with Gasteiger partial charge < -0.3 is 0 Å². The van der Waals surface area contributed by atoms with Gasteiger partial charge in [-0.2, -0.15) is 16.8 Å². The minimum Gasteiger partial charge on any atom is -0.267 e. The average molecular weight is 359 g/mol. The molecule has 0 spiro atoms. The van der Waals surface area contributed by atoms with Crippen LogP contribution in [-0.4, -0.2) is 40.5 Å². The minimum atomic E-state index is -3.88. The van der Waals surface area contributed by atoms with Gasteiger partial charge in [0.05, 0.1) is 23.7 Å². The molecule has 0 heterocycles. The molecular formula is C14H30O6S2. The van der Waals surface area contributed by atoms with Crippen LogP contribution in [0.3, 0.4) is 0 Å². The van der Waals surface area contributed by atoms with E-state index in [-0.39, 0.29) is 0 Å². The first-order valence-electron chi connectivity index (χ1n) is 7.65. The lowest BCUT2D eigenvalue weighted by Gasteiger charge is -2.16. The van der Waals surface area contributed by atoms with Gasteiger partial charge in [0.15, 0.2) is 0 Å². The fourth-order valence-corrected chi connectivity index (χ4v) is 5.19. The highest BCUT2D eigenvalue weighted by Gasteiger charge is 2.23. The van der Waals surface area contributed by atoms with Crippen molar-refractivity contribution in [2.24, 2.45) is 11.8 Å². The summed E-state index contributed by atoms with van der Waals surface area (Å²) in [7, 11) is -7.76. The van der Waals surface area contributed by atoms with Gasteiger partial charge in [-0.25, -0.2) is 0 Å². The van der Waals surface area contributed by atoms with Crippen molar-refractivity contribution in [1.29, 1.82) is 0 Å². The molecule has 134 valence electrons. The molecule has 0 rings (SSSR count). The summed E-state index contributed by atoms with van der Waals surface area (Å²) in [4.78, 5) is 0. The first-order valence-corrected chi connectivity index (χ1v) is 10.8. The van der Waals surface area contributed by atoms with E-state index in [1.807, 2.05) is 27.7 Å². The van der Waals surface area contributed by atoms with E-state index in [1.165, 1.54) is 0 Å². The molecule has 0 aromatic carbocycles. The van der Waals surface area contributed by atoms with Crippen LogP contribution in [0.15, 0.2) is 0 Å². The number of rotatable bonds is 11. The Morgan fingerprint density at radius 1 is 0.636 bits per heavy atom. The van der Waals surface area contributed by atoms with Crippen molar-refractivity contribution < 1.29 is 25.2 Å². The molecule has 0 N–H and O–H groups in total. The van der Waals surface area contributed by atoms with Crippen LogP contribution >= 0.6 is 0 Å². The zero-order valence-electron chi connectivity index (χ0n) is 14.4. The van der Waals surface area contributed by atoms with Crippen molar-refractivity contribution >= 4 is 20.2 Å². The molecule has 0 aromatic rings. The van der Waals surface area contributed by atoms with Gasteiger partial charge in [0, 0.05) is 0 Å². The van der Waals surface area contributed by atoms with Gasteiger partial charge >= 0.3 is 0 Å². The molecule has 0 fully saturated rings. The Balaban J connectivity index is 4.45. The Morgan fingerprint density at radius 2 is 0.909 bits per heavy atom. The van der Waals surface area contributed by atoms with Crippen LogP contribution < -0.4 is 0 Å². The SMILES string of the molecule is CC(C)CC(C)OS(=O)(=O)CCS(=O)(=O)OC(C)CC(C)C. The third kappa shape index (κ3) is 11.4. The Hall–Kier alpha value is -0.180. The maximum Gasteiger partial charge on any atom is 0.268 e. The molecule has 0 amide bonds. The van der Waals surface area contributed by atoms with Crippen LogP contribution in [0.2, 0.25) is 0 Å². The summed E-state index contributed by atoms with van der Waals surface area (Å²) in [5, 5.41) is 0. The van der Waals surface area contributed by atoms with E-state index in [9.17, 15) is 16.8 Å². The fourth-order valence-electron chi connectivity index (χ4n) is 2.21. The zero-order valence-corrected chi connectivity index (χ0v) is 16.0. The average Bonchev–Trinajstić information content (AvgIpc) is 2.22. The zero-order chi connectivity index (χ0) is 17.6. The van der Waals surface area contributed by atoms with Gasteiger partial charge in [-0.1, -0.05) is 27.7 Å². The summed E-state index contributed by atoms with van der Waals surface area (Å²) in [5.41, 5.74) is 0. The third-order valence-corrected chi connectivity index (χ3v) is 5.72. The largest absolute Gasteiger partial charge is 0.268 e. The molecule has 0 saturated carbocycles. The van der Waals surface area contributed by atoms with E-state index in [0.717, 1.165) is 0 Å². The lowest BCUT2D eigenvalue weighted by atomic mass is 10.1. The lowest BCUT2D eigenvalue weighted by Crippen LogP contribution is -2.26. The highest BCUT2D eigenvalue weighted by atomic mass is 32.2. The molecule has 2 unspecified atom stereocenters.